The quantitative estimate of drug-likeness (QED) is 0.392. The Morgan fingerprint density at radius 2 is 1.56 bits per heavy atom. The van der Waals surface area contributed by atoms with Gasteiger partial charge in [-0.15, -0.1) is 0 Å². The van der Waals surface area contributed by atoms with Gasteiger partial charge in [0.1, 0.15) is 0 Å². The highest BCUT2D eigenvalue weighted by Gasteiger charge is 2.30. The first-order chi connectivity index (χ1) is 12.9. The van der Waals surface area contributed by atoms with Crippen molar-refractivity contribution in [2.45, 2.75) is 19.0 Å². The van der Waals surface area contributed by atoms with Crippen molar-refractivity contribution in [2.24, 2.45) is 5.10 Å². The van der Waals surface area contributed by atoms with Crippen molar-refractivity contribution < 1.29 is 23.0 Å². The number of rotatable bonds is 4. The summed E-state index contributed by atoms with van der Waals surface area (Å²) in [6, 6.07) is 19.0. The lowest BCUT2D eigenvalue weighted by Gasteiger charge is -2.12. The van der Waals surface area contributed by atoms with Crippen molar-refractivity contribution in [3.8, 4) is 0 Å². The van der Waals surface area contributed by atoms with Gasteiger partial charge in [-0.3, -0.25) is 0 Å². The molecule has 0 N–H and O–H groups in total. The van der Waals surface area contributed by atoms with Crippen LogP contribution in [-0.2, 0) is 6.18 Å². The zero-order valence-electron chi connectivity index (χ0n) is 14.5. The second-order valence-electron chi connectivity index (χ2n) is 6.08. The molecule has 1 heterocycles. The maximum absolute atomic E-state index is 12.8. The molecule has 2 aromatic carbocycles. The SMILES string of the molecule is CC(c1ccc(C(F)(F)F)cc1)c1cccc[n+]1/N=C(\[O-])c1ccccc1. The molecule has 1 aromatic heterocycles. The Morgan fingerprint density at radius 3 is 2.19 bits per heavy atom. The average Bonchev–Trinajstić information content (AvgIpc) is 2.68. The van der Waals surface area contributed by atoms with Gasteiger partial charge in [-0.1, -0.05) is 47.1 Å². The number of hydrogen-bond acceptors (Lipinski definition) is 2. The summed E-state index contributed by atoms with van der Waals surface area (Å²) in [5.41, 5.74) is 1.16. The molecule has 27 heavy (non-hydrogen) atoms. The first-order valence-electron chi connectivity index (χ1n) is 8.35. The monoisotopic (exact) mass is 370 g/mol. The molecule has 0 amide bonds. The largest absolute Gasteiger partial charge is 0.854 e. The molecule has 0 aliphatic heterocycles. The number of alkyl halides is 3. The van der Waals surface area contributed by atoms with Crippen molar-refractivity contribution in [2.75, 3.05) is 0 Å². The average molecular weight is 370 g/mol. The van der Waals surface area contributed by atoms with E-state index >= 15 is 0 Å². The third-order valence-corrected chi connectivity index (χ3v) is 4.27. The van der Waals surface area contributed by atoms with E-state index in [-0.39, 0.29) is 5.92 Å². The maximum Gasteiger partial charge on any atom is 0.416 e. The van der Waals surface area contributed by atoms with E-state index in [9.17, 15) is 18.3 Å². The van der Waals surface area contributed by atoms with E-state index in [2.05, 4.69) is 5.10 Å². The minimum Gasteiger partial charge on any atom is -0.854 e. The van der Waals surface area contributed by atoms with Crippen LogP contribution in [0.1, 0.15) is 35.2 Å². The Morgan fingerprint density at radius 1 is 0.926 bits per heavy atom. The van der Waals surface area contributed by atoms with Gasteiger partial charge >= 0.3 is 6.18 Å². The minimum atomic E-state index is -4.37. The molecule has 3 rings (SSSR count). The zero-order valence-corrected chi connectivity index (χ0v) is 14.5. The molecule has 138 valence electrons. The van der Waals surface area contributed by atoms with Gasteiger partial charge in [0.2, 0.25) is 11.9 Å². The Bertz CT molecular complexity index is 936. The minimum absolute atomic E-state index is 0.249. The van der Waals surface area contributed by atoms with Crippen LogP contribution >= 0.6 is 0 Å². The van der Waals surface area contributed by atoms with E-state index in [0.29, 0.717) is 16.8 Å². The number of pyridine rings is 1. The summed E-state index contributed by atoms with van der Waals surface area (Å²) in [4.78, 5) is 0. The maximum atomic E-state index is 12.8. The van der Waals surface area contributed by atoms with Crippen LogP contribution in [0.4, 0.5) is 13.2 Å². The number of benzene rings is 2. The number of nitrogens with zero attached hydrogens (tertiary/aromatic N) is 2. The molecule has 0 fully saturated rings. The number of hydrogen-bond donors (Lipinski definition) is 0. The zero-order chi connectivity index (χ0) is 19.4. The van der Waals surface area contributed by atoms with Crippen molar-refractivity contribution in [1.29, 1.82) is 0 Å². The summed E-state index contributed by atoms with van der Waals surface area (Å²) in [5, 5.41) is 16.5. The van der Waals surface area contributed by atoms with E-state index in [1.807, 2.05) is 13.0 Å². The Balaban J connectivity index is 1.94. The van der Waals surface area contributed by atoms with E-state index in [4.69, 9.17) is 0 Å². The molecule has 0 aliphatic rings. The van der Waals surface area contributed by atoms with Crippen LogP contribution in [0.15, 0.2) is 84.1 Å². The molecule has 0 spiro atoms. The summed E-state index contributed by atoms with van der Waals surface area (Å²) in [6.45, 7) is 1.86. The first-order valence-corrected chi connectivity index (χ1v) is 8.35. The van der Waals surface area contributed by atoms with Crippen molar-refractivity contribution in [1.82, 2.24) is 0 Å². The Kier molecular flexibility index (Phi) is 5.26. The number of aromatic nitrogens is 1. The number of halogens is 3. The van der Waals surface area contributed by atoms with Gasteiger partial charge in [0.05, 0.1) is 17.4 Å². The lowest BCUT2D eigenvalue weighted by Crippen LogP contribution is -2.38. The predicted octanol–water partition coefficient (Wildman–Crippen LogP) is 3.71. The van der Waals surface area contributed by atoms with Gasteiger partial charge in [0.15, 0.2) is 0 Å². The summed E-state index contributed by atoms with van der Waals surface area (Å²) >= 11 is 0. The van der Waals surface area contributed by atoms with Crippen LogP contribution in [0.5, 0.6) is 0 Å². The molecule has 0 aliphatic carbocycles. The highest BCUT2D eigenvalue weighted by Crippen LogP contribution is 2.31. The fourth-order valence-electron chi connectivity index (χ4n) is 2.75. The van der Waals surface area contributed by atoms with Gasteiger partial charge in [0, 0.05) is 12.1 Å². The van der Waals surface area contributed by atoms with Crippen LogP contribution in [0.25, 0.3) is 0 Å². The molecule has 0 bridgehead atoms. The van der Waals surface area contributed by atoms with Gasteiger partial charge in [0.25, 0.3) is 0 Å². The Labute approximate surface area is 155 Å². The van der Waals surface area contributed by atoms with Gasteiger partial charge in [-0.2, -0.15) is 13.2 Å². The van der Waals surface area contributed by atoms with Crippen LogP contribution in [0.3, 0.4) is 0 Å². The van der Waals surface area contributed by atoms with Crippen LogP contribution in [-0.4, -0.2) is 5.90 Å². The molecule has 6 heteroatoms. The normalized spacial score (nSPS) is 13.4. The van der Waals surface area contributed by atoms with Crippen LogP contribution < -0.4 is 9.78 Å². The first kappa shape index (κ1) is 18.6. The standard InChI is InChI=1S/C21H17F3N2O/c1-15(16-10-12-18(13-11-16)21(22,23)24)19-9-5-6-14-26(19)25-20(27)17-7-3-2-4-8-17/h2-15H,1H3. The topological polar surface area (TPSA) is 39.3 Å². The fourth-order valence-corrected chi connectivity index (χ4v) is 2.75. The summed E-state index contributed by atoms with van der Waals surface area (Å²) in [6.07, 6.45) is -2.72. The fraction of sp³-hybridized carbons (Fsp3) is 0.143. The van der Waals surface area contributed by atoms with E-state index in [0.717, 1.165) is 12.1 Å². The van der Waals surface area contributed by atoms with Crippen LogP contribution in [0.2, 0.25) is 0 Å². The smallest absolute Gasteiger partial charge is 0.416 e. The lowest BCUT2D eigenvalue weighted by atomic mass is 9.96. The van der Waals surface area contributed by atoms with Crippen LogP contribution in [0, 0.1) is 0 Å². The molecule has 0 saturated heterocycles. The molecule has 0 radical (unpaired) electrons. The molecule has 3 aromatic rings. The summed E-state index contributed by atoms with van der Waals surface area (Å²) in [5.74, 6) is -0.645. The molecule has 0 saturated carbocycles. The summed E-state index contributed by atoms with van der Waals surface area (Å²) < 4.78 is 39.7. The van der Waals surface area contributed by atoms with Gasteiger partial charge < -0.3 is 5.11 Å². The molecule has 1 unspecified atom stereocenters. The second kappa shape index (κ2) is 7.61. The van der Waals surface area contributed by atoms with Crippen molar-refractivity contribution >= 4 is 5.90 Å². The van der Waals surface area contributed by atoms with E-state index in [1.54, 1.807) is 48.7 Å². The Hall–Kier alpha value is -3.15. The van der Waals surface area contributed by atoms with Crippen molar-refractivity contribution in [3.05, 3.63) is 101 Å². The third kappa shape index (κ3) is 4.34. The highest BCUT2D eigenvalue weighted by atomic mass is 19.4. The molecule has 1 atom stereocenters. The third-order valence-electron chi connectivity index (χ3n) is 4.27. The lowest BCUT2D eigenvalue weighted by molar-refractivity contribution is -0.689. The molecular weight excluding hydrogens is 353 g/mol. The van der Waals surface area contributed by atoms with E-state index in [1.165, 1.54) is 16.8 Å². The second-order valence-corrected chi connectivity index (χ2v) is 6.08. The molecular formula is C21H17F3N2O. The summed E-state index contributed by atoms with van der Waals surface area (Å²) in [7, 11) is 0. The van der Waals surface area contributed by atoms with Gasteiger partial charge in [-0.25, -0.2) is 0 Å². The molecule has 3 nitrogen and oxygen atoms in total. The van der Waals surface area contributed by atoms with Gasteiger partial charge in [-0.05, 0) is 41.4 Å². The van der Waals surface area contributed by atoms with Crippen molar-refractivity contribution in [3.63, 3.8) is 0 Å². The van der Waals surface area contributed by atoms with E-state index < -0.39 is 17.6 Å². The predicted molar refractivity (Wildman–Crippen MR) is 94.0 cm³/mol. The highest BCUT2D eigenvalue weighted by molar-refractivity contribution is 5.89.